The van der Waals surface area contributed by atoms with Gasteiger partial charge in [-0.1, -0.05) is 0 Å². The third kappa shape index (κ3) is 5.31. The van der Waals surface area contributed by atoms with E-state index in [-0.39, 0.29) is 28.6 Å². The second-order valence-electron chi connectivity index (χ2n) is 8.39. The molecule has 1 amide bonds. The van der Waals surface area contributed by atoms with Crippen molar-refractivity contribution in [3.8, 4) is 11.6 Å². The molecule has 3 aromatic rings. The van der Waals surface area contributed by atoms with Gasteiger partial charge >= 0.3 is 6.18 Å². The molecule has 204 valence electrons. The minimum Gasteiger partial charge on any atom is -0.480 e. The smallest absolute Gasteiger partial charge is 0.451 e. The molecule has 0 spiro atoms. The number of methoxy groups -OCH3 is 1. The summed E-state index contributed by atoms with van der Waals surface area (Å²) in [5, 5.41) is 6.60. The third-order valence-electron chi connectivity index (χ3n) is 5.93. The Bertz CT molecular complexity index is 1410. The van der Waals surface area contributed by atoms with Crippen LogP contribution in [0.3, 0.4) is 0 Å². The lowest BCUT2D eigenvalue weighted by molar-refractivity contribution is -0.145. The van der Waals surface area contributed by atoms with E-state index in [1.807, 2.05) is 0 Å². The number of rotatable bonds is 7. The maximum Gasteiger partial charge on any atom is 0.451 e. The Kier molecular flexibility index (Phi) is 7.38. The SMILES string of the molecule is COc1nn(-c2cnc(C(F)(F)F)nc2)cc1CNC(=O)C1CC(F)C(C)N1S(=O)(=O)c1ccc(F)cc1. The van der Waals surface area contributed by atoms with E-state index in [9.17, 15) is 35.2 Å². The summed E-state index contributed by atoms with van der Waals surface area (Å²) in [4.78, 5) is 19.3. The van der Waals surface area contributed by atoms with E-state index in [1.54, 1.807) is 0 Å². The summed E-state index contributed by atoms with van der Waals surface area (Å²) in [5.41, 5.74) is 0.367. The summed E-state index contributed by atoms with van der Waals surface area (Å²) >= 11 is 0. The van der Waals surface area contributed by atoms with E-state index < -0.39 is 58.4 Å². The first-order chi connectivity index (χ1) is 17.8. The van der Waals surface area contributed by atoms with E-state index >= 15 is 0 Å². The lowest BCUT2D eigenvalue weighted by atomic mass is 10.1. The first-order valence-corrected chi connectivity index (χ1v) is 12.5. The highest BCUT2D eigenvalue weighted by molar-refractivity contribution is 7.89. The molecule has 1 N–H and O–H groups in total. The van der Waals surface area contributed by atoms with Crippen LogP contribution in [0.1, 0.15) is 24.7 Å². The van der Waals surface area contributed by atoms with Gasteiger partial charge in [0.1, 0.15) is 23.7 Å². The van der Waals surface area contributed by atoms with Crippen LogP contribution < -0.4 is 10.1 Å². The van der Waals surface area contributed by atoms with E-state index in [4.69, 9.17) is 4.74 Å². The topological polar surface area (TPSA) is 119 Å². The number of carbonyl (C=O) groups excluding carboxylic acids is 1. The number of benzene rings is 1. The number of nitrogens with one attached hydrogen (secondary N) is 1. The lowest BCUT2D eigenvalue weighted by Gasteiger charge is -2.26. The van der Waals surface area contributed by atoms with Crippen molar-refractivity contribution in [1.82, 2.24) is 29.4 Å². The minimum absolute atomic E-state index is 0.0177. The van der Waals surface area contributed by atoms with Crippen molar-refractivity contribution in [3.05, 3.63) is 60.1 Å². The van der Waals surface area contributed by atoms with E-state index in [0.29, 0.717) is 0 Å². The van der Waals surface area contributed by atoms with Crippen LogP contribution in [0.25, 0.3) is 5.69 Å². The summed E-state index contributed by atoms with van der Waals surface area (Å²) in [5.74, 6) is -2.77. The van der Waals surface area contributed by atoms with Crippen molar-refractivity contribution in [3.63, 3.8) is 0 Å². The number of aromatic nitrogens is 4. The Balaban J connectivity index is 1.52. The monoisotopic (exact) mass is 560 g/mol. The van der Waals surface area contributed by atoms with Gasteiger partial charge in [-0.05, 0) is 31.2 Å². The number of ether oxygens (including phenoxy) is 1. The highest BCUT2D eigenvalue weighted by atomic mass is 32.2. The molecule has 3 heterocycles. The number of halogens is 5. The van der Waals surface area contributed by atoms with E-state index in [2.05, 4.69) is 20.4 Å². The molecule has 16 heteroatoms. The number of amides is 1. The molecule has 0 bridgehead atoms. The molecule has 38 heavy (non-hydrogen) atoms. The maximum atomic E-state index is 14.6. The summed E-state index contributed by atoms with van der Waals surface area (Å²) in [7, 11) is -3.06. The molecule has 1 fully saturated rings. The first-order valence-electron chi connectivity index (χ1n) is 11.1. The van der Waals surface area contributed by atoms with Gasteiger partial charge in [0.25, 0.3) is 0 Å². The first kappa shape index (κ1) is 27.4. The molecule has 0 radical (unpaired) electrons. The summed E-state index contributed by atoms with van der Waals surface area (Å²) < 4.78 is 99.5. The predicted octanol–water partition coefficient (Wildman–Crippen LogP) is 2.63. The number of nitrogens with zero attached hydrogens (tertiary/aromatic N) is 5. The molecule has 1 saturated heterocycles. The highest BCUT2D eigenvalue weighted by Crippen LogP contribution is 2.33. The minimum atomic E-state index is -4.72. The summed E-state index contributed by atoms with van der Waals surface area (Å²) in [6, 6.07) is 1.41. The van der Waals surface area contributed by atoms with Gasteiger partial charge in [-0.2, -0.15) is 17.5 Å². The van der Waals surface area contributed by atoms with Crippen LogP contribution in [-0.4, -0.2) is 63.7 Å². The Morgan fingerprint density at radius 3 is 2.39 bits per heavy atom. The van der Waals surface area contributed by atoms with Gasteiger partial charge in [0.05, 0.1) is 36.0 Å². The van der Waals surface area contributed by atoms with Gasteiger partial charge in [-0.3, -0.25) is 4.79 Å². The molecule has 3 atom stereocenters. The van der Waals surface area contributed by atoms with Gasteiger partial charge in [0, 0.05) is 19.2 Å². The fourth-order valence-corrected chi connectivity index (χ4v) is 5.81. The Hall–Kier alpha value is -3.66. The largest absolute Gasteiger partial charge is 0.480 e. The van der Waals surface area contributed by atoms with Crippen molar-refractivity contribution >= 4 is 15.9 Å². The molecule has 0 saturated carbocycles. The van der Waals surface area contributed by atoms with Crippen LogP contribution in [0.4, 0.5) is 22.0 Å². The lowest BCUT2D eigenvalue weighted by Crippen LogP contribution is -2.48. The van der Waals surface area contributed by atoms with Crippen molar-refractivity contribution < 1.29 is 39.9 Å². The van der Waals surface area contributed by atoms with Gasteiger partial charge in [-0.15, -0.1) is 5.10 Å². The average molecular weight is 561 g/mol. The van der Waals surface area contributed by atoms with E-state index in [1.165, 1.54) is 20.2 Å². The normalized spacial score (nSPS) is 20.4. The van der Waals surface area contributed by atoms with Crippen LogP contribution in [0.5, 0.6) is 5.88 Å². The van der Waals surface area contributed by atoms with Gasteiger partial charge in [0.2, 0.25) is 27.6 Å². The Morgan fingerprint density at radius 1 is 1.18 bits per heavy atom. The molecular formula is C22H21F5N6O4S. The molecule has 0 aliphatic carbocycles. The molecule has 1 aliphatic heterocycles. The van der Waals surface area contributed by atoms with Crippen molar-refractivity contribution in [2.75, 3.05) is 7.11 Å². The molecule has 1 aromatic carbocycles. The standard InChI is InChI=1S/C22H21F5N6O4S/c1-12-17(24)7-18(33(12)38(35,36)16-5-3-14(23)4-6-16)19(34)28-8-13-11-32(31-20(13)37-2)15-9-29-21(30-10-15)22(25,26)27/h3-6,9-12,17-18H,7-8H2,1-2H3,(H,28,34). The zero-order valence-electron chi connectivity index (χ0n) is 19.9. The van der Waals surface area contributed by atoms with Gasteiger partial charge in [0.15, 0.2) is 0 Å². The average Bonchev–Trinajstić information content (AvgIpc) is 3.43. The molecule has 2 aromatic heterocycles. The van der Waals surface area contributed by atoms with Crippen LogP contribution in [0, 0.1) is 5.82 Å². The quantitative estimate of drug-likeness (QED) is 0.442. The number of hydrogen-bond donors (Lipinski definition) is 1. The van der Waals surface area contributed by atoms with E-state index in [0.717, 1.165) is 45.6 Å². The molecular weight excluding hydrogens is 539 g/mol. The van der Waals surface area contributed by atoms with Crippen LogP contribution in [0.2, 0.25) is 0 Å². The van der Waals surface area contributed by atoms with Gasteiger partial charge in [-0.25, -0.2) is 31.8 Å². The number of sulfonamides is 1. The Labute approximate surface area is 213 Å². The van der Waals surface area contributed by atoms with Crippen LogP contribution in [0.15, 0.2) is 47.8 Å². The van der Waals surface area contributed by atoms with Crippen molar-refractivity contribution in [1.29, 1.82) is 0 Å². The Morgan fingerprint density at radius 2 is 1.82 bits per heavy atom. The van der Waals surface area contributed by atoms with Gasteiger partial charge < -0.3 is 10.1 Å². The van der Waals surface area contributed by atoms with Crippen molar-refractivity contribution in [2.45, 2.75) is 49.2 Å². The number of hydrogen-bond acceptors (Lipinski definition) is 7. The molecule has 4 rings (SSSR count). The fourth-order valence-electron chi connectivity index (χ4n) is 4.00. The second-order valence-corrected chi connectivity index (χ2v) is 10.2. The molecule has 10 nitrogen and oxygen atoms in total. The molecule has 3 unspecified atom stereocenters. The predicted molar refractivity (Wildman–Crippen MR) is 121 cm³/mol. The van der Waals surface area contributed by atoms with Crippen LogP contribution >= 0.6 is 0 Å². The summed E-state index contributed by atoms with van der Waals surface area (Å²) in [6.45, 7) is 1.11. The highest BCUT2D eigenvalue weighted by Gasteiger charge is 2.49. The number of alkyl halides is 4. The molecule has 1 aliphatic rings. The zero-order chi connectivity index (χ0) is 27.8. The second kappa shape index (κ2) is 10.2. The fraction of sp³-hybridized carbons (Fsp3) is 0.364. The van der Waals surface area contributed by atoms with Crippen molar-refractivity contribution in [2.24, 2.45) is 0 Å². The van der Waals surface area contributed by atoms with Crippen LogP contribution in [-0.2, 0) is 27.5 Å². The maximum absolute atomic E-state index is 14.6. The zero-order valence-corrected chi connectivity index (χ0v) is 20.7. The third-order valence-corrected chi connectivity index (χ3v) is 7.94. The summed E-state index contributed by atoms with van der Waals surface area (Å²) in [6.07, 6.45) is -3.57. The number of carbonyl (C=O) groups is 1.